The van der Waals surface area contributed by atoms with Gasteiger partial charge >= 0.3 is 0 Å². The van der Waals surface area contributed by atoms with Gasteiger partial charge in [0.2, 0.25) is 11.3 Å². The number of amides is 1. The molecule has 240 valence electrons. The number of aryl methyl sites for hydroxylation is 1. The van der Waals surface area contributed by atoms with E-state index in [1.165, 1.54) is 16.9 Å². The van der Waals surface area contributed by atoms with Crippen LogP contribution < -0.4 is 10.3 Å². The monoisotopic (exact) mass is 637 g/mol. The van der Waals surface area contributed by atoms with Crippen LogP contribution in [0.4, 0.5) is 5.88 Å². The summed E-state index contributed by atoms with van der Waals surface area (Å²) in [5.41, 5.74) is 7.34. The normalized spacial score (nSPS) is 19.3. The molecule has 3 aromatic rings. The van der Waals surface area contributed by atoms with E-state index in [0.717, 1.165) is 78.6 Å². The van der Waals surface area contributed by atoms with Gasteiger partial charge in [-0.1, -0.05) is 36.1 Å². The Morgan fingerprint density at radius 3 is 2.57 bits per heavy atom. The van der Waals surface area contributed by atoms with Crippen LogP contribution in [0.3, 0.4) is 0 Å². The first-order valence-electron chi connectivity index (χ1n) is 16.1. The zero-order valence-corrected chi connectivity index (χ0v) is 28.2. The average molecular weight is 638 g/mol. The molecule has 0 saturated carbocycles. The molecule has 5 rings (SSSR count). The molecule has 1 amide bonds. The summed E-state index contributed by atoms with van der Waals surface area (Å²) in [5.74, 6) is 7.08. The number of hydrogen-bond acceptors (Lipinski definition) is 7. The van der Waals surface area contributed by atoms with Crippen molar-refractivity contribution < 1.29 is 13.9 Å². The molecule has 2 aliphatic heterocycles. The highest BCUT2D eigenvalue weighted by atomic mass is 32.1. The number of ether oxygens (including phenoxy) is 1. The summed E-state index contributed by atoms with van der Waals surface area (Å²) in [6, 6.07) is 9.99. The van der Waals surface area contributed by atoms with Crippen molar-refractivity contribution >= 4 is 39.1 Å². The van der Waals surface area contributed by atoms with Crippen molar-refractivity contribution in [1.82, 2.24) is 4.90 Å². The molecule has 4 heterocycles. The lowest BCUT2D eigenvalue weighted by molar-refractivity contribution is -0.124. The van der Waals surface area contributed by atoms with Crippen LogP contribution in [0, 0.1) is 11.8 Å². The van der Waals surface area contributed by atoms with Crippen LogP contribution in [-0.2, 0) is 16.0 Å². The van der Waals surface area contributed by atoms with E-state index in [4.69, 9.17) is 14.1 Å². The predicted molar refractivity (Wildman–Crippen MR) is 189 cm³/mol. The van der Waals surface area contributed by atoms with Gasteiger partial charge in [-0.15, -0.1) is 11.3 Å². The van der Waals surface area contributed by atoms with Gasteiger partial charge in [0.1, 0.15) is 4.70 Å². The number of unbranched alkanes of at least 4 members (excludes halogenated alkanes) is 1. The standard InChI is InChI=1S/C38H43N3O4S/c1-27(38(43)40(3)4)24-31-11-6-5-7-12-33(39-28(31)2)13-9-8-10-29-14-16-30(17-15-29)18-19-32-26-46-37-34(42)25-35(45-36(32)37)41-20-22-44-23-21-41/h11-12,14-17,24-26H,5-10,13,20-23H2,1-4H3/b27-24+,31-11-,33-12+,39-28-. The Kier molecular flexibility index (Phi) is 11.5. The van der Waals surface area contributed by atoms with E-state index in [-0.39, 0.29) is 11.3 Å². The molecular weight excluding hydrogens is 595 g/mol. The van der Waals surface area contributed by atoms with Crippen LogP contribution in [0.15, 0.2) is 85.0 Å². The highest BCUT2D eigenvalue weighted by Crippen LogP contribution is 2.27. The van der Waals surface area contributed by atoms with Crippen molar-refractivity contribution in [2.45, 2.75) is 58.8 Å². The first-order chi connectivity index (χ1) is 22.3. The topological polar surface area (TPSA) is 75.4 Å². The molecule has 7 nitrogen and oxygen atoms in total. The van der Waals surface area contributed by atoms with Gasteiger partial charge in [0, 0.05) is 61.2 Å². The Labute approximate surface area is 276 Å². The molecular formula is C38H43N3O4S. The number of aliphatic imine (C=N–C) groups is 1. The number of benzene rings is 1. The third-order valence-corrected chi connectivity index (χ3v) is 9.17. The summed E-state index contributed by atoms with van der Waals surface area (Å²) in [6.07, 6.45) is 13.6. The zero-order chi connectivity index (χ0) is 32.5. The number of allylic oxidation sites excluding steroid dienone is 5. The Bertz CT molecular complexity index is 1790. The number of fused-ring (bicyclic) bond motifs is 1. The van der Waals surface area contributed by atoms with Gasteiger partial charge in [-0.25, -0.2) is 0 Å². The maximum absolute atomic E-state index is 12.7. The number of carbonyl (C=O) groups excluding carboxylic acids is 1. The van der Waals surface area contributed by atoms with Crippen LogP contribution >= 0.6 is 11.3 Å². The lowest BCUT2D eigenvalue weighted by Gasteiger charge is -2.26. The number of hydrogen-bond donors (Lipinski definition) is 0. The highest BCUT2D eigenvalue weighted by Gasteiger charge is 2.17. The first-order valence-corrected chi connectivity index (χ1v) is 17.0. The number of nitrogens with zero attached hydrogens (tertiary/aromatic N) is 3. The molecule has 0 atom stereocenters. The average Bonchev–Trinajstić information content (AvgIpc) is 3.51. The minimum absolute atomic E-state index is 0.0218. The van der Waals surface area contributed by atoms with Gasteiger partial charge in [0.05, 0.1) is 18.8 Å². The summed E-state index contributed by atoms with van der Waals surface area (Å²) in [7, 11) is 3.56. The summed E-state index contributed by atoms with van der Waals surface area (Å²) < 4.78 is 12.2. The number of anilines is 1. The van der Waals surface area contributed by atoms with Crippen molar-refractivity contribution in [2.75, 3.05) is 45.3 Å². The predicted octanol–water partition coefficient (Wildman–Crippen LogP) is 7.29. The molecule has 8 heteroatoms. The smallest absolute Gasteiger partial charge is 0.248 e. The summed E-state index contributed by atoms with van der Waals surface area (Å²) in [5, 5.41) is 1.90. The molecule has 2 aromatic heterocycles. The fourth-order valence-electron chi connectivity index (χ4n) is 5.57. The van der Waals surface area contributed by atoms with Crippen molar-refractivity contribution in [1.29, 1.82) is 0 Å². The lowest BCUT2D eigenvalue weighted by Crippen LogP contribution is -2.36. The van der Waals surface area contributed by atoms with Crippen molar-refractivity contribution in [2.24, 2.45) is 4.99 Å². The van der Waals surface area contributed by atoms with Crippen LogP contribution in [0.1, 0.15) is 69.1 Å². The molecule has 1 saturated heterocycles. The molecule has 0 radical (unpaired) electrons. The molecule has 46 heavy (non-hydrogen) atoms. The summed E-state index contributed by atoms with van der Waals surface area (Å²) >= 11 is 1.38. The Morgan fingerprint density at radius 2 is 1.80 bits per heavy atom. The minimum atomic E-state index is -0.0319. The van der Waals surface area contributed by atoms with Gasteiger partial charge in [0.15, 0.2) is 11.5 Å². The Balaban J connectivity index is 1.17. The van der Waals surface area contributed by atoms with Gasteiger partial charge < -0.3 is 19.0 Å². The largest absolute Gasteiger partial charge is 0.438 e. The SMILES string of the molecule is C/C1=N/C(CCCCc2ccc(C#Cc3csc4c(=O)cc(N5CCOCC5)oc34)cc2)=C/CCC/C=C1/C=C(\C)C(=O)N(C)C. The fourth-order valence-corrected chi connectivity index (χ4v) is 6.41. The zero-order valence-electron chi connectivity index (χ0n) is 27.4. The fraction of sp³-hybridized carbons (Fsp3) is 0.395. The summed E-state index contributed by atoms with van der Waals surface area (Å²) in [6.45, 7) is 6.56. The number of carbonyl (C=O) groups is 1. The van der Waals surface area contributed by atoms with Crippen LogP contribution in [0.2, 0.25) is 0 Å². The minimum Gasteiger partial charge on any atom is -0.438 e. The van der Waals surface area contributed by atoms with E-state index in [1.807, 2.05) is 30.2 Å². The number of likely N-dealkylation sites (N-methyl/N-ethyl adjacent to an activating group) is 1. The maximum Gasteiger partial charge on any atom is 0.248 e. The van der Waals surface area contributed by atoms with Gasteiger partial charge in [0.25, 0.3) is 0 Å². The Morgan fingerprint density at radius 1 is 1.07 bits per heavy atom. The van der Waals surface area contributed by atoms with Crippen LogP contribution in [0.25, 0.3) is 10.3 Å². The molecule has 1 aromatic carbocycles. The number of morpholine rings is 1. The first kappa shape index (κ1) is 33.2. The second-order valence-electron chi connectivity index (χ2n) is 12.0. The van der Waals surface area contributed by atoms with Crippen LogP contribution in [-0.4, -0.2) is 56.9 Å². The van der Waals surface area contributed by atoms with E-state index in [2.05, 4.69) is 48.3 Å². The van der Waals surface area contributed by atoms with Gasteiger partial charge in [-0.05, 0) is 88.1 Å². The second-order valence-corrected chi connectivity index (χ2v) is 12.9. The molecule has 2 aliphatic rings. The molecule has 0 spiro atoms. The number of rotatable bonds is 8. The maximum atomic E-state index is 12.7. The van der Waals surface area contributed by atoms with E-state index >= 15 is 0 Å². The second kappa shape index (κ2) is 15.9. The van der Waals surface area contributed by atoms with Crippen LogP contribution in [0.5, 0.6) is 0 Å². The molecule has 0 unspecified atom stereocenters. The third-order valence-electron chi connectivity index (χ3n) is 8.19. The summed E-state index contributed by atoms with van der Waals surface area (Å²) in [4.78, 5) is 33.7. The van der Waals surface area contributed by atoms with Crippen molar-refractivity contribution in [3.05, 3.63) is 97.7 Å². The third kappa shape index (κ3) is 8.74. The number of thiophene rings is 1. The van der Waals surface area contributed by atoms with E-state index in [9.17, 15) is 9.59 Å². The van der Waals surface area contributed by atoms with Crippen molar-refractivity contribution in [3.63, 3.8) is 0 Å². The van der Waals surface area contributed by atoms with E-state index < -0.39 is 0 Å². The van der Waals surface area contributed by atoms with Gasteiger partial charge in [-0.3, -0.25) is 14.6 Å². The van der Waals surface area contributed by atoms with Crippen molar-refractivity contribution in [3.8, 4) is 11.8 Å². The van der Waals surface area contributed by atoms with E-state index in [0.29, 0.717) is 42.5 Å². The van der Waals surface area contributed by atoms with E-state index in [1.54, 1.807) is 25.1 Å². The molecule has 0 bridgehead atoms. The lowest BCUT2D eigenvalue weighted by atomic mass is 10.0. The molecule has 0 N–H and O–H groups in total. The molecule has 0 aliphatic carbocycles. The van der Waals surface area contributed by atoms with Gasteiger partial charge in [-0.2, -0.15) is 0 Å². The molecule has 1 fully saturated rings. The quantitative estimate of drug-likeness (QED) is 0.147. The highest BCUT2D eigenvalue weighted by molar-refractivity contribution is 7.17. The Hall–Kier alpha value is -4.19.